The fourth-order valence-electron chi connectivity index (χ4n) is 3.55. The van der Waals surface area contributed by atoms with E-state index in [2.05, 4.69) is 45.0 Å². The number of carboxylic acids is 1. The maximum Gasteiger partial charge on any atom is 0.307 e. The summed E-state index contributed by atoms with van der Waals surface area (Å²) < 4.78 is 0. The Balaban J connectivity index is 2.02. The van der Waals surface area contributed by atoms with Gasteiger partial charge in [-0.15, -0.1) is 0 Å². The van der Waals surface area contributed by atoms with Crippen LogP contribution in [-0.2, 0) is 15.0 Å². The van der Waals surface area contributed by atoms with Crippen LogP contribution in [0.4, 0.5) is 0 Å². The van der Waals surface area contributed by atoms with E-state index in [1.165, 1.54) is 11.1 Å². The molecule has 144 valence electrons. The Labute approximate surface area is 157 Å². The van der Waals surface area contributed by atoms with Crippen molar-refractivity contribution in [3.8, 4) is 0 Å². The van der Waals surface area contributed by atoms with Gasteiger partial charge in [-0.25, -0.2) is 0 Å². The molecule has 1 aliphatic rings. The van der Waals surface area contributed by atoms with Gasteiger partial charge in [0.05, 0.1) is 18.5 Å². The van der Waals surface area contributed by atoms with Crippen LogP contribution >= 0.6 is 0 Å². The molecule has 0 saturated carbocycles. The second-order valence-electron chi connectivity index (χ2n) is 8.55. The van der Waals surface area contributed by atoms with Crippen LogP contribution in [0.1, 0.15) is 57.7 Å². The Hall–Kier alpha value is -1.88. The first kappa shape index (κ1) is 20.4. The van der Waals surface area contributed by atoms with Crippen molar-refractivity contribution in [1.82, 2.24) is 9.80 Å². The lowest BCUT2D eigenvalue weighted by molar-refractivity contribution is -0.142. The average molecular weight is 360 g/mol. The predicted molar refractivity (Wildman–Crippen MR) is 103 cm³/mol. The van der Waals surface area contributed by atoms with Crippen LogP contribution in [0.15, 0.2) is 24.3 Å². The fourth-order valence-corrected chi connectivity index (χ4v) is 3.55. The van der Waals surface area contributed by atoms with Gasteiger partial charge in [0.2, 0.25) is 5.91 Å². The van der Waals surface area contributed by atoms with E-state index in [0.29, 0.717) is 6.54 Å². The molecule has 1 saturated heterocycles. The summed E-state index contributed by atoms with van der Waals surface area (Å²) in [4.78, 5) is 27.5. The van der Waals surface area contributed by atoms with Gasteiger partial charge < -0.3 is 10.0 Å². The molecule has 1 N–H and O–H groups in total. The van der Waals surface area contributed by atoms with E-state index >= 15 is 0 Å². The van der Waals surface area contributed by atoms with Crippen LogP contribution in [0, 0.1) is 5.92 Å². The van der Waals surface area contributed by atoms with Gasteiger partial charge in [-0.2, -0.15) is 0 Å². The van der Waals surface area contributed by atoms with Gasteiger partial charge in [-0.05, 0) is 36.4 Å². The minimum Gasteiger partial charge on any atom is -0.481 e. The molecule has 1 aromatic rings. The lowest BCUT2D eigenvalue weighted by Crippen LogP contribution is -2.40. The zero-order valence-electron chi connectivity index (χ0n) is 16.7. The summed E-state index contributed by atoms with van der Waals surface area (Å²) in [5, 5.41) is 9.02. The van der Waals surface area contributed by atoms with Crippen LogP contribution in [0.5, 0.6) is 0 Å². The number of amides is 1. The van der Waals surface area contributed by atoms with Crippen molar-refractivity contribution in [3.63, 3.8) is 0 Å². The van der Waals surface area contributed by atoms with Crippen molar-refractivity contribution >= 4 is 11.9 Å². The zero-order valence-corrected chi connectivity index (χ0v) is 16.7. The van der Waals surface area contributed by atoms with Crippen LogP contribution in [-0.4, -0.2) is 53.5 Å². The highest BCUT2D eigenvalue weighted by atomic mass is 16.4. The van der Waals surface area contributed by atoms with Crippen molar-refractivity contribution in [1.29, 1.82) is 0 Å². The molecule has 0 spiro atoms. The first-order valence-electron chi connectivity index (χ1n) is 9.41. The maximum atomic E-state index is 12.8. The third kappa shape index (κ3) is 5.07. The normalized spacial score (nSPS) is 19.0. The molecule has 1 amide bonds. The summed E-state index contributed by atoms with van der Waals surface area (Å²) in [6, 6.07) is 8.75. The van der Waals surface area contributed by atoms with E-state index in [4.69, 9.17) is 5.11 Å². The third-order valence-electron chi connectivity index (χ3n) is 5.15. The van der Waals surface area contributed by atoms with Gasteiger partial charge in [-0.3, -0.25) is 14.5 Å². The number of likely N-dealkylation sites (tertiary alicyclic amines) is 1. The van der Waals surface area contributed by atoms with Gasteiger partial charge >= 0.3 is 5.97 Å². The number of hydrogen-bond donors (Lipinski definition) is 1. The lowest BCUT2D eigenvalue weighted by Gasteiger charge is -2.28. The highest BCUT2D eigenvalue weighted by Gasteiger charge is 2.30. The van der Waals surface area contributed by atoms with Gasteiger partial charge in [0, 0.05) is 13.1 Å². The minimum atomic E-state index is -0.831. The lowest BCUT2D eigenvalue weighted by atomic mass is 9.86. The summed E-state index contributed by atoms with van der Waals surface area (Å²) >= 11 is 0. The monoisotopic (exact) mass is 360 g/mol. The number of benzene rings is 1. The summed E-state index contributed by atoms with van der Waals surface area (Å²) in [6.07, 6.45) is 1.99. The Morgan fingerprint density at radius 1 is 1.27 bits per heavy atom. The summed E-state index contributed by atoms with van der Waals surface area (Å²) in [6.45, 7) is 9.66. The number of carbonyl (C=O) groups is 2. The molecular formula is C21H32N2O3. The Bertz CT molecular complexity index is 634. The maximum absolute atomic E-state index is 12.8. The van der Waals surface area contributed by atoms with Gasteiger partial charge in [0.15, 0.2) is 0 Å². The molecule has 5 nitrogen and oxygen atoms in total. The Morgan fingerprint density at radius 3 is 2.42 bits per heavy atom. The number of nitrogens with zero attached hydrogens (tertiary/aromatic N) is 2. The Morgan fingerprint density at radius 2 is 1.88 bits per heavy atom. The number of likely N-dealkylation sites (N-methyl/N-ethyl adjacent to an activating group) is 1. The van der Waals surface area contributed by atoms with Crippen molar-refractivity contribution in [2.75, 3.05) is 26.7 Å². The quantitative estimate of drug-likeness (QED) is 0.845. The first-order valence-corrected chi connectivity index (χ1v) is 9.41. The number of hydrogen-bond acceptors (Lipinski definition) is 3. The van der Waals surface area contributed by atoms with Crippen LogP contribution < -0.4 is 0 Å². The van der Waals surface area contributed by atoms with Crippen LogP contribution in [0.3, 0.4) is 0 Å². The molecular weight excluding hydrogens is 328 g/mol. The largest absolute Gasteiger partial charge is 0.481 e. The molecule has 5 heteroatoms. The highest BCUT2D eigenvalue weighted by molar-refractivity contribution is 5.79. The van der Waals surface area contributed by atoms with Gasteiger partial charge in [-0.1, -0.05) is 52.0 Å². The fraction of sp³-hybridized carbons (Fsp3) is 0.619. The molecule has 0 radical (unpaired) electrons. The molecule has 1 heterocycles. The summed E-state index contributed by atoms with van der Waals surface area (Å²) in [7, 11) is 1.81. The number of aliphatic carboxylic acids is 1. The summed E-state index contributed by atoms with van der Waals surface area (Å²) in [5.74, 6) is -1.23. The summed E-state index contributed by atoms with van der Waals surface area (Å²) in [5.41, 5.74) is 2.60. The van der Waals surface area contributed by atoms with E-state index in [1.807, 2.05) is 4.90 Å². The molecule has 26 heavy (non-hydrogen) atoms. The topological polar surface area (TPSA) is 60.9 Å². The van der Waals surface area contributed by atoms with E-state index in [1.54, 1.807) is 18.9 Å². The number of rotatable bonds is 6. The number of carboxylic acid groups (broad SMARTS) is 1. The van der Waals surface area contributed by atoms with E-state index in [-0.39, 0.29) is 23.9 Å². The molecule has 1 fully saturated rings. The minimum absolute atomic E-state index is 0.0764. The first-order chi connectivity index (χ1) is 12.1. The van der Waals surface area contributed by atoms with Crippen molar-refractivity contribution in [3.05, 3.63) is 35.4 Å². The van der Waals surface area contributed by atoms with E-state index < -0.39 is 11.9 Å². The van der Waals surface area contributed by atoms with Gasteiger partial charge in [0.1, 0.15) is 0 Å². The molecule has 2 unspecified atom stereocenters. The standard InChI is InChI=1S/C21H32N2O3/c1-15(20(25)26)13-22(5)14-19(24)23-12-6-7-18(23)16-8-10-17(11-9-16)21(2,3)4/h8-11,15,18H,6-7,12-14H2,1-5H3,(H,25,26). The van der Waals surface area contributed by atoms with Crippen molar-refractivity contribution in [2.45, 2.75) is 52.0 Å². The second-order valence-corrected chi connectivity index (χ2v) is 8.55. The van der Waals surface area contributed by atoms with E-state index in [9.17, 15) is 9.59 Å². The second kappa shape index (κ2) is 8.21. The van der Waals surface area contributed by atoms with Crippen LogP contribution in [0.25, 0.3) is 0 Å². The highest BCUT2D eigenvalue weighted by Crippen LogP contribution is 2.33. The predicted octanol–water partition coefficient (Wildman–Crippen LogP) is 3.30. The molecule has 0 bridgehead atoms. The smallest absolute Gasteiger partial charge is 0.307 e. The number of carbonyl (C=O) groups excluding carboxylic acids is 1. The van der Waals surface area contributed by atoms with E-state index in [0.717, 1.165) is 19.4 Å². The molecule has 0 aliphatic carbocycles. The molecule has 1 aliphatic heterocycles. The molecule has 1 aromatic carbocycles. The Kier molecular flexibility index (Phi) is 6.45. The average Bonchev–Trinajstić information content (AvgIpc) is 3.03. The van der Waals surface area contributed by atoms with Crippen LogP contribution in [0.2, 0.25) is 0 Å². The van der Waals surface area contributed by atoms with Gasteiger partial charge in [0.25, 0.3) is 0 Å². The third-order valence-corrected chi connectivity index (χ3v) is 5.15. The molecule has 2 atom stereocenters. The van der Waals surface area contributed by atoms with Crippen molar-refractivity contribution in [2.24, 2.45) is 5.92 Å². The SMILES string of the molecule is CC(CN(C)CC(=O)N1CCCC1c1ccc(C(C)(C)C)cc1)C(=O)O. The van der Waals surface area contributed by atoms with Crippen molar-refractivity contribution < 1.29 is 14.7 Å². The zero-order chi connectivity index (χ0) is 19.5. The molecule has 2 rings (SSSR count). The molecule has 0 aromatic heterocycles.